The highest BCUT2D eigenvalue weighted by Gasteiger charge is 2.28. The molecule has 7 nitrogen and oxygen atoms in total. The number of aryl methyl sites for hydroxylation is 1. The molecule has 0 aliphatic carbocycles. The van der Waals surface area contributed by atoms with Crippen molar-refractivity contribution in [1.82, 2.24) is 14.5 Å². The molecule has 1 N–H and O–H groups in total. The Kier molecular flexibility index (Phi) is 20.5. The molecule has 1 heterocycles. The molecule has 43 heavy (non-hydrogen) atoms. The quantitative estimate of drug-likeness (QED) is 0.161. The van der Waals surface area contributed by atoms with Gasteiger partial charge in [0.1, 0.15) is 6.79 Å². The van der Waals surface area contributed by atoms with Gasteiger partial charge in [-0.2, -0.15) is 0 Å². The summed E-state index contributed by atoms with van der Waals surface area (Å²) in [5.41, 5.74) is 3.19. The van der Waals surface area contributed by atoms with Crippen LogP contribution in [0.2, 0.25) is 0 Å². The Morgan fingerprint density at radius 3 is 2.26 bits per heavy atom. The number of hydrogen-bond donors (Lipinski definition) is 1. The molecule has 0 radical (unpaired) electrons. The second kappa shape index (κ2) is 22.2. The average Bonchev–Trinajstić information content (AvgIpc) is 3.08. The van der Waals surface area contributed by atoms with Crippen LogP contribution in [0.15, 0.2) is 102 Å². The molecule has 1 aliphatic rings. The lowest BCUT2D eigenvalue weighted by molar-refractivity contribution is -0.123. The van der Waals surface area contributed by atoms with Crippen molar-refractivity contribution in [3.05, 3.63) is 102 Å². The zero-order valence-corrected chi connectivity index (χ0v) is 28.7. The third kappa shape index (κ3) is 15.1. The van der Waals surface area contributed by atoms with Gasteiger partial charge >= 0.3 is 0 Å². The van der Waals surface area contributed by atoms with Gasteiger partial charge in [0.15, 0.2) is 0 Å². The van der Waals surface area contributed by atoms with E-state index in [1.807, 2.05) is 109 Å². The third-order valence-electron chi connectivity index (χ3n) is 5.92. The van der Waals surface area contributed by atoms with Crippen LogP contribution in [0.5, 0.6) is 0 Å². The van der Waals surface area contributed by atoms with E-state index >= 15 is 0 Å². The summed E-state index contributed by atoms with van der Waals surface area (Å²) in [6.07, 6.45) is 12.1. The number of allylic oxidation sites excluding steroid dienone is 3. The molecule has 0 fully saturated rings. The van der Waals surface area contributed by atoms with Crippen LogP contribution < -0.4 is 4.72 Å². The van der Waals surface area contributed by atoms with Gasteiger partial charge in [-0.3, -0.25) is 14.3 Å². The van der Waals surface area contributed by atoms with E-state index in [9.17, 15) is 9.59 Å². The van der Waals surface area contributed by atoms with Gasteiger partial charge in [-0.1, -0.05) is 88.9 Å². The van der Waals surface area contributed by atoms with Gasteiger partial charge < -0.3 is 19.3 Å². The van der Waals surface area contributed by atoms with Crippen LogP contribution in [0, 0.1) is 12.8 Å². The minimum Gasteiger partial charge on any atom is -0.376 e. The summed E-state index contributed by atoms with van der Waals surface area (Å²) in [7, 11) is 5.29. The summed E-state index contributed by atoms with van der Waals surface area (Å²) in [5, 5.41) is 0. The number of carbonyl (C=O) groups is 2. The van der Waals surface area contributed by atoms with Crippen molar-refractivity contribution in [2.75, 3.05) is 34.5 Å². The highest BCUT2D eigenvalue weighted by molar-refractivity contribution is 7.98. The molecule has 0 saturated heterocycles. The minimum absolute atomic E-state index is 0.0975. The number of nitrogens with zero attached hydrogens (tertiary/aromatic N) is 2. The summed E-state index contributed by atoms with van der Waals surface area (Å²) in [4.78, 5) is 30.2. The molecule has 2 amide bonds. The molecule has 8 heteroatoms. The number of rotatable bonds is 11. The molecule has 3 atom stereocenters. The van der Waals surface area contributed by atoms with Gasteiger partial charge in [0.25, 0.3) is 0 Å². The minimum atomic E-state index is -0.712. The summed E-state index contributed by atoms with van der Waals surface area (Å²) in [6.45, 7) is 22.6. The van der Waals surface area contributed by atoms with E-state index in [-0.39, 0.29) is 30.8 Å². The van der Waals surface area contributed by atoms with E-state index in [0.29, 0.717) is 17.7 Å². The largest absolute Gasteiger partial charge is 0.376 e. The summed E-state index contributed by atoms with van der Waals surface area (Å²) in [5.74, 6) is -1.02. The van der Waals surface area contributed by atoms with Crippen LogP contribution in [0.25, 0.3) is 0 Å². The van der Waals surface area contributed by atoms with E-state index in [1.165, 1.54) is 22.9 Å². The molecule has 0 spiro atoms. The average molecular weight is 612 g/mol. The van der Waals surface area contributed by atoms with Gasteiger partial charge in [0.05, 0.1) is 18.1 Å². The number of hydrogen-bond acceptors (Lipinski definition) is 6. The summed E-state index contributed by atoms with van der Waals surface area (Å²) in [6, 6.07) is 7.95. The van der Waals surface area contributed by atoms with Crippen molar-refractivity contribution >= 4 is 23.8 Å². The number of nitrogens with one attached hydrogen (secondary N) is 1. The predicted octanol–water partition coefficient (Wildman–Crippen LogP) is 7.25. The molecular weight excluding hydrogens is 558 g/mol. The van der Waals surface area contributed by atoms with E-state index in [0.717, 1.165) is 16.0 Å². The lowest BCUT2D eigenvalue weighted by Crippen LogP contribution is -2.30. The first-order chi connectivity index (χ1) is 20.5. The summed E-state index contributed by atoms with van der Waals surface area (Å²) < 4.78 is 14.5. The van der Waals surface area contributed by atoms with Crippen LogP contribution >= 0.6 is 11.9 Å². The van der Waals surface area contributed by atoms with Crippen molar-refractivity contribution in [3.8, 4) is 0 Å². The van der Waals surface area contributed by atoms with Crippen LogP contribution in [0.3, 0.4) is 0 Å². The fraction of sp³-hybridized carbons (Fsp3) is 0.429. The van der Waals surface area contributed by atoms with E-state index < -0.39 is 5.92 Å². The Morgan fingerprint density at radius 2 is 1.67 bits per heavy atom. The van der Waals surface area contributed by atoms with Crippen molar-refractivity contribution < 1.29 is 19.1 Å². The maximum atomic E-state index is 13.9. The van der Waals surface area contributed by atoms with Crippen LogP contribution in [-0.4, -0.2) is 68.3 Å². The van der Waals surface area contributed by atoms with Crippen molar-refractivity contribution in [3.63, 3.8) is 0 Å². The molecule has 0 bridgehead atoms. The third-order valence-corrected chi connectivity index (χ3v) is 6.73. The predicted molar refractivity (Wildman–Crippen MR) is 182 cm³/mol. The number of amides is 2. The molecule has 1 aliphatic heterocycles. The van der Waals surface area contributed by atoms with E-state index in [1.54, 1.807) is 26.2 Å². The van der Waals surface area contributed by atoms with Crippen LogP contribution in [-0.2, 0) is 19.1 Å². The number of ether oxygens (including phenoxy) is 2. The van der Waals surface area contributed by atoms with E-state index in [4.69, 9.17) is 9.47 Å². The highest BCUT2D eigenvalue weighted by Crippen LogP contribution is 2.31. The molecule has 1 aromatic rings. The van der Waals surface area contributed by atoms with Crippen LogP contribution in [0.4, 0.5) is 0 Å². The second-order valence-corrected chi connectivity index (χ2v) is 10.5. The zero-order chi connectivity index (χ0) is 32.9. The Labute approximate surface area is 265 Å². The smallest absolute Gasteiger partial charge is 0.245 e. The molecule has 238 valence electrons. The number of benzene rings is 1. The molecule has 0 aromatic heterocycles. The van der Waals surface area contributed by atoms with Crippen molar-refractivity contribution in [1.29, 1.82) is 0 Å². The second-order valence-electron chi connectivity index (χ2n) is 9.59. The molecule has 1 aromatic carbocycles. The molecule has 0 saturated carbocycles. The Hall–Kier alpha value is -3.33. The number of carbonyl (C=O) groups excluding carboxylic acids is 2. The molecule has 2 rings (SSSR count). The van der Waals surface area contributed by atoms with Gasteiger partial charge in [-0.25, -0.2) is 0 Å². The van der Waals surface area contributed by atoms with E-state index in [2.05, 4.69) is 17.9 Å². The normalized spacial score (nSPS) is 19.3. The lowest BCUT2D eigenvalue weighted by Gasteiger charge is -2.25. The molecular formula is C35H53N3O4S. The SMILES string of the molecule is C=CC(=C)/C(=C\N(C)C/C=C/C(=O)N(C)C)C(C(=O)NSc1ccc(C)cc1)C1=C/C(C)OCOC(C)/C=C\1.CC.CC. The zero-order valence-electron chi connectivity index (χ0n) is 27.8. The van der Waals surface area contributed by atoms with Crippen molar-refractivity contribution in [2.45, 2.75) is 65.6 Å². The molecule has 3 unspecified atom stereocenters. The van der Waals surface area contributed by atoms with Crippen LogP contribution in [0.1, 0.15) is 47.1 Å². The van der Waals surface area contributed by atoms with Gasteiger partial charge in [-0.05, 0) is 61.6 Å². The first kappa shape index (κ1) is 39.7. The maximum absolute atomic E-state index is 13.9. The van der Waals surface area contributed by atoms with Gasteiger partial charge in [0, 0.05) is 44.9 Å². The highest BCUT2D eigenvalue weighted by atomic mass is 32.2. The standard InChI is InChI=1S/C31H41N3O4S.2C2H6/c1-9-23(3)28(20-34(8)18-10-11-29(35)33(6)7)30(26-15-14-24(4)37-21-38-25(5)19-26)31(36)32-39-27-16-12-22(2)13-17-27;2*1-2/h9-17,19-20,24-25,30H,1,3,18,21H2,2,4-8H3,(H,32,36);2*1-2H3/b11-10+,15-14-,26-19+,28-20+;;. The van der Waals surface area contributed by atoms with Crippen molar-refractivity contribution in [2.24, 2.45) is 5.92 Å². The fourth-order valence-electron chi connectivity index (χ4n) is 3.59. The fourth-order valence-corrected chi connectivity index (χ4v) is 4.20. The Morgan fingerprint density at radius 1 is 1.07 bits per heavy atom. The first-order valence-electron chi connectivity index (χ1n) is 14.8. The lowest BCUT2D eigenvalue weighted by atomic mass is 9.85. The number of likely N-dealkylation sites (N-methyl/N-ethyl adjacent to an activating group) is 2. The first-order valence-corrected chi connectivity index (χ1v) is 15.6. The Balaban J connectivity index is 0.00000422. The van der Waals surface area contributed by atoms with Gasteiger partial charge in [0.2, 0.25) is 11.8 Å². The topological polar surface area (TPSA) is 71.1 Å². The Bertz CT molecular complexity index is 1140. The summed E-state index contributed by atoms with van der Waals surface area (Å²) >= 11 is 1.26. The maximum Gasteiger partial charge on any atom is 0.245 e. The monoisotopic (exact) mass is 611 g/mol. The van der Waals surface area contributed by atoms with Gasteiger partial charge in [-0.15, -0.1) is 0 Å².